The van der Waals surface area contributed by atoms with Gasteiger partial charge in [-0.2, -0.15) is 0 Å². The Hall–Kier alpha value is -10.6. The number of rotatable bonds is 17. The quantitative estimate of drug-likeness (QED) is 0.0505. The fraction of sp³-hybridized carbons (Fsp3) is 0.222. The van der Waals surface area contributed by atoms with Crippen LogP contribution < -0.4 is 36.2 Å². The van der Waals surface area contributed by atoms with Gasteiger partial charge in [0.05, 0.1) is 70.9 Å². The van der Waals surface area contributed by atoms with Crippen molar-refractivity contribution in [3.8, 4) is 51.0 Å². The summed E-state index contributed by atoms with van der Waals surface area (Å²) < 4.78 is 30.5. The molecular formula is C72H66Cl3N9O12. The summed E-state index contributed by atoms with van der Waals surface area (Å²) in [6, 6.07) is 29.7. The molecule has 96 heavy (non-hydrogen) atoms. The minimum Gasteiger partial charge on any atom is -0.481 e. The van der Waals surface area contributed by atoms with Crippen molar-refractivity contribution >= 4 is 75.9 Å². The summed E-state index contributed by atoms with van der Waals surface area (Å²) in [7, 11) is 9.54. The number of nitrogens with one attached hydrogen (secondary N) is 1. The molecule has 1 N–H and O–H groups in total. The third kappa shape index (κ3) is 16.3. The maximum absolute atomic E-state index is 13.3. The summed E-state index contributed by atoms with van der Waals surface area (Å²) in [6.45, 7) is 6.34. The maximum Gasteiger partial charge on any atom is 0.330 e. The van der Waals surface area contributed by atoms with Crippen LogP contribution in [0.1, 0.15) is 101 Å². The molecule has 8 heterocycles. The second-order valence-electron chi connectivity index (χ2n) is 21.7. The van der Waals surface area contributed by atoms with Gasteiger partial charge < -0.3 is 42.7 Å². The molecule has 11 rings (SSSR count). The van der Waals surface area contributed by atoms with Gasteiger partial charge in [0.25, 0.3) is 16.7 Å². The number of hydrogen-bond donors (Lipinski definition) is 1. The van der Waals surface area contributed by atoms with Crippen LogP contribution in [0, 0.1) is 0 Å². The van der Waals surface area contributed by atoms with Crippen LogP contribution in [0.3, 0.4) is 0 Å². The number of esters is 2. The molecule has 1 amide bonds. The summed E-state index contributed by atoms with van der Waals surface area (Å²) in [5.74, 6) is -0.190. The number of amides is 1. The topological polar surface area (TPSA) is 256 Å². The number of hydrogen-bond acceptors (Lipinski definition) is 17. The maximum atomic E-state index is 13.3. The molecule has 492 valence electrons. The van der Waals surface area contributed by atoms with Crippen molar-refractivity contribution in [1.29, 1.82) is 0 Å². The Morgan fingerprint density at radius 2 is 0.938 bits per heavy atom. The molecule has 0 bridgehead atoms. The van der Waals surface area contributed by atoms with Crippen molar-refractivity contribution in [2.45, 2.75) is 45.7 Å². The third-order valence-electron chi connectivity index (χ3n) is 15.4. The predicted octanol–water partition coefficient (Wildman–Crippen LogP) is 11.4. The van der Waals surface area contributed by atoms with Gasteiger partial charge in [-0.3, -0.25) is 38.8 Å². The van der Waals surface area contributed by atoms with E-state index in [4.69, 9.17) is 68.5 Å². The molecule has 3 aromatic carbocycles. The second kappa shape index (κ2) is 31.5. The standard InChI is InChI=1S/C24H23ClN4O3.C24H22ClN3O4.C24H21ClN2O5/c1-4-26-21(30)11-20-16-10-23(31)29(2)13-19(16)18-12-27-22(32-3)9-17(18)24(28-20)14-5-7-15(25)8-6-14;1-4-32-23(30)11-20-16-10-22(29)28(2)13-19(16)18-12-26-21(31-3)9-17(18)24(27-20)14-5-7-15(25)8-6-14;1-4-32-23(29)10-7-16-11-22(28)27(2)14-20(16)19-13-26-21(31-3)12-18(19)24(30)15-5-8-17(25)9-6-15/h5-10,12-13,20H,4,11H2,1-3H3,(H,26,30);5-10,12-13,20H,4,11H2,1-3H3;5-14H,4H2,1-3H3/b;;10-7+. The van der Waals surface area contributed by atoms with Gasteiger partial charge in [0.2, 0.25) is 23.5 Å². The minimum atomic E-state index is -0.609. The smallest absolute Gasteiger partial charge is 0.330 e. The highest BCUT2D eigenvalue weighted by molar-refractivity contribution is 6.31. The monoisotopic (exact) mass is 1350 g/mol. The largest absolute Gasteiger partial charge is 0.481 e. The Balaban J connectivity index is 0.000000169. The molecule has 2 atom stereocenters. The number of aliphatic imine (C=N–C) groups is 2. The summed E-state index contributed by atoms with van der Waals surface area (Å²) in [6.07, 6.45) is 12.9. The van der Waals surface area contributed by atoms with Gasteiger partial charge in [-0.1, -0.05) is 59.1 Å². The van der Waals surface area contributed by atoms with Crippen LogP contribution in [0.2, 0.25) is 15.1 Å². The molecule has 2 aliphatic heterocycles. The number of halogens is 3. The van der Waals surface area contributed by atoms with Crippen LogP contribution in [0.25, 0.3) is 39.5 Å². The number of pyridine rings is 6. The lowest BCUT2D eigenvalue weighted by molar-refractivity contribution is -0.143. The van der Waals surface area contributed by atoms with Crippen LogP contribution >= 0.6 is 34.8 Å². The average Bonchev–Trinajstić information content (AvgIpc) is 1.57. The summed E-state index contributed by atoms with van der Waals surface area (Å²) in [4.78, 5) is 110. The lowest BCUT2D eigenvalue weighted by Crippen LogP contribution is -2.25. The molecule has 0 aliphatic carbocycles. The van der Waals surface area contributed by atoms with E-state index in [1.807, 2.05) is 43.3 Å². The highest BCUT2D eigenvalue weighted by atomic mass is 35.5. The molecule has 6 aromatic heterocycles. The normalized spacial score (nSPS) is 13.4. The van der Waals surface area contributed by atoms with Crippen LogP contribution in [-0.2, 0) is 45.0 Å². The van der Waals surface area contributed by atoms with Crippen molar-refractivity contribution in [2.75, 3.05) is 41.1 Å². The average molecular weight is 1360 g/mol. The number of carbonyl (C=O) groups excluding carboxylic acids is 4. The number of aryl methyl sites for hydroxylation is 3. The molecule has 0 radical (unpaired) electrons. The van der Waals surface area contributed by atoms with Gasteiger partial charge >= 0.3 is 11.9 Å². The fourth-order valence-electron chi connectivity index (χ4n) is 10.7. The van der Waals surface area contributed by atoms with E-state index in [9.17, 15) is 33.6 Å². The number of ketones is 1. The first-order valence-electron chi connectivity index (χ1n) is 30.2. The zero-order valence-corrected chi connectivity index (χ0v) is 56.1. The molecule has 24 heteroatoms. The fourth-order valence-corrected chi connectivity index (χ4v) is 11.0. The molecular weight excluding hydrogens is 1290 g/mol. The van der Waals surface area contributed by atoms with Crippen molar-refractivity contribution < 1.29 is 42.9 Å². The molecule has 2 unspecified atom stereocenters. The van der Waals surface area contributed by atoms with Gasteiger partial charge in [-0.25, -0.2) is 19.7 Å². The van der Waals surface area contributed by atoms with E-state index in [1.54, 1.807) is 135 Å². The van der Waals surface area contributed by atoms with Crippen molar-refractivity contribution in [2.24, 2.45) is 31.1 Å². The lowest BCUT2D eigenvalue weighted by Gasteiger charge is -2.16. The number of benzene rings is 3. The molecule has 21 nitrogen and oxygen atoms in total. The van der Waals surface area contributed by atoms with Crippen molar-refractivity contribution in [3.05, 3.63) is 249 Å². The molecule has 2 aliphatic rings. The summed E-state index contributed by atoms with van der Waals surface area (Å²) in [5, 5.41) is 4.56. The number of aromatic nitrogens is 6. The number of carbonyl (C=O) groups is 4. The lowest BCUT2D eigenvalue weighted by atomic mass is 9.93. The van der Waals surface area contributed by atoms with Gasteiger partial charge in [-0.15, -0.1) is 0 Å². The first-order chi connectivity index (χ1) is 46.1. The first-order valence-corrected chi connectivity index (χ1v) is 31.3. The van der Waals surface area contributed by atoms with E-state index >= 15 is 0 Å². The zero-order chi connectivity index (χ0) is 68.9. The number of fused-ring (bicyclic) bond motifs is 6. The van der Waals surface area contributed by atoms with Gasteiger partial charge in [-0.05, 0) is 92.1 Å². The number of ether oxygens (including phenoxy) is 5. The van der Waals surface area contributed by atoms with Crippen LogP contribution in [0.15, 0.2) is 177 Å². The predicted molar refractivity (Wildman–Crippen MR) is 369 cm³/mol. The van der Waals surface area contributed by atoms with E-state index in [0.717, 1.165) is 44.5 Å². The summed E-state index contributed by atoms with van der Waals surface area (Å²) >= 11 is 18.2. The van der Waals surface area contributed by atoms with Crippen molar-refractivity contribution in [1.82, 2.24) is 34.0 Å². The Bertz CT molecular complexity index is 4520. The Morgan fingerprint density at radius 1 is 0.510 bits per heavy atom. The zero-order valence-electron chi connectivity index (χ0n) is 53.8. The molecule has 0 fully saturated rings. The second-order valence-corrected chi connectivity index (χ2v) is 23.0. The van der Waals surface area contributed by atoms with E-state index in [1.165, 1.54) is 57.4 Å². The number of methoxy groups -OCH3 is 3. The Kier molecular flexibility index (Phi) is 22.9. The van der Waals surface area contributed by atoms with Crippen molar-refractivity contribution in [3.63, 3.8) is 0 Å². The highest BCUT2D eigenvalue weighted by Crippen LogP contribution is 2.41. The number of nitrogens with zero attached hydrogens (tertiary/aromatic N) is 8. The van der Waals surface area contributed by atoms with Crippen LogP contribution in [-0.4, -0.2) is 105 Å². The van der Waals surface area contributed by atoms with Crippen LogP contribution in [0.4, 0.5) is 0 Å². The first kappa shape index (κ1) is 69.7. The molecule has 0 saturated heterocycles. The molecule has 0 spiro atoms. The molecule has 9 aromatic rings. The van der Waals surface area contributed by atoms with E-state index < -0.39 is 18.1 Å². The Labute approximate surface area is 567 Å². The molecule has 0 saturated carbocycles. The summed E-state index contributed by atoms with van der Waals surface area (Å²) in [5.41, 5.74) is 10.7. The highest BCUT2D eigenvalue weighted by Gasteiger charge is 2.31. The van der Waals surface area contributed by atoms with Gasteiger partial charge in [0, 0.05) is 189 Å². The van der Waals surface area contributed by atoms with E-state index in [2.05, 4.69) is 20.3 Å². The SMILES string of the molecule is CCNC(=O)CC1N=C(c2ccc(Cl)cc2)c2cc(OC)ncc2-c2cn(C)c(=O)cc21.CCOC(=O)/C=C/c1cc(=O)n(C)cc1-c1cnc(OC)cc1C(=O)c1ccc(Cl)cc1.CCOC(=O)CC1N=C(c2ccc(Cl)cc2)c2cc(OC)ncc2-c2cn(C)c(=O)cc21. The van der Waals surface area contributed by atoms with Gasteiger partial charge in [0.1, 0.15) is 0 Å². The van der Waals surface area contributed by atoms with Crippen LogP contribution in [0.5, 0.6) is 17.6 Å². The van der Waals surface area contributed by atoms with E-state index in [-0.39, 0.29) is 66.3 Å². The van der Waals surface area contributed by atoms with Gasteiger partial charge in [0.15, 0.2) is 5.78 Å². The van der Waals surface area contributed by atoms with E-state index in [0.29, 0.717) is 83.7 Å². The third-order valence-corrected chi connectivity index (χ3v) is 16.2. The minimum absolute atomic E-state index is 0.00362. The Morgan fingerprint density at radius 3 is 1.40 bits per heavy atom.